The van der Waals surface area contributed by atoms with Crippen LogP contribution in [-0.4, -0.2) is 49.1 Å². The topological polar surface area (TPSA) is 114 Å². The number of carbonyl (C=O) groups is 4. The van der Waals surface area contributed by atoms with E-state index in [1.807, 2.05) is 0 Å². The second-order valence-corrected chi connectivity index (χ2v) is 7.85. The number of para-hydroxylation sites is 2. The number of methoxy groups -OCH3 is 1. The Hall–Kier alpha value is -3.10. The molecule has 2 N–H and O–H groups in total. The highest BCUT2D eigenvalue weighted by atomic mass is 16.5. The molecule has 2 atom stereocenters. The summed E-state index contributed by atoms with van der Waals surface area (Å²) in [6.45, 7) is 6.80. The van der Waals surface area contributed by atoms with Crippen LogP contribution in [0.15, 0.2) is 24.3 Å². The molecule has 1 aromatic carbocycles. The molecule has 9 heteroatoms. The lowest BCUT2D eigenvalue weighted by Crippen LogP contribution is -2.50. The van der Waals surface area contributed by atoms with Gasteiger partial charge in [-0.3, -0.25) is 19.7 Å². The molecule has 0 bridgehead atoms. The summed E-state index contributed by atoms with van der Waals surface area (Å²) in [7, 11) is 1.50. The Morgan fingerprint density at radius 1 is 1.21 bits per heavy atom. The lowest BCUT2D eigenvalue weighted by molar-refractivity contribution is -0.158. The van der Waals surface area contributed by atoms with Gasteiger partial charge in [-0.15, -0.1) is 0 Å². The highest BCUT2D eigenvalue weighted by Crippen LogP contribution is 2.33. The summed E-state index contributed by atoms with van der Waals surface area (Å²) in [5, 5.41) is 4.71. The van der Waals surface area contributed by atoms with E-state index in [0.29, 0.717) is 11.4 Å². The van der Waals surface area contributed by atoms with Crippen LogP contribution in [-0.2, 0) is 19.1 Å². The standard InChI is InChI=1S/C20H27N3O6/c1-12(17(25)21-19(27)22-20(2,3)4)29-18(26)13-10-16(24)23(11-13)14-8-6-7-9-15(14)28-5/h6-9,12-13H,10-11H2,1-5H3,(H2,21,22,25,27)/t12-,13-/m1/s1. The summed E-state index contributed by atoms with van der Waals surface area (Å²) >= 11 is 0. The third-order valence-corrected chi connectivity index (χ3v) is 4.22. The molecule has 1 fully saturated rings. The van der Waals surface area contributed by atoms with Crippen molar-refractivity contribution >= 4 is 29.5 Å². The van der Waals surface area contributed by atoms with Crippen molar-refractivity contribution in [2.75, 3.05) is 18.6 Å². The zero-order valence-corrected chi connectivity index (χ0v) is 17.3. The van der Waals surface area contributed by atoms with E-state index in [0.717, 1.165) is 0 Å². The molecule has 0 saturated carbocycles. The molecule has 4 amide bonds. The minimum Gasteiger partial charge on any atom is -0.495 e. The first-order valence-electron chi connectivity index (χ1n) is 9.28. The minimum atomic E-state index is -1.18. The van der Waals surface area contributed by atoms with Crippen molar-refractivity contribution in [3.05, 3.63) is 24.3 Å². The lowest BCUT2D eigenvalue weighted by Gasteiger charge is -2.21. The van der Waals surface area contributed by atoms with Gasteiger partial charge in [0.2, 0.25) is 5.91 Å². The van der Waals surface area contributed by atoms with Crippen LogP contribution in [0.2, 0.25) is 0 Å². The molecule has 9 nitrogen and oxygen atoms in total. The van der Waals surface area contributed by atoms with Crippen LogP contribution in [0.1, 0.15) is 34.1 Å². The molecule has 158 valence electrons. The van der Waals surface area contributed by atoms with Crippen molar-refractivity contribution in [1.29, 1.82) is 0 Å². The van der Waals surface area contributed by atoms with Gasteiger partial charge in [-0.25, -0.2) is 4.79 Å². The maximum absolute atomic E-state index is 12.4. The van der Waals surface area contributed by atoms with E-state index in [1.54, 1.807) is 45.0 Å². The normalized spacial score (nSPS) is 17.5. The highest BCUT2D eigenvalue weighted by molar-refractivity contribution is 6.01. The molecule has 1 aromatic rings. The fourth-order valence-corrected chi connectivity index (χ4v) is 2.86. The molecular weight excluding hydrogens is 378 g/mol. The number of carbonyl (C=O) groups excluding carboxylic acids is 4. The number of nitrogens with zero attached hydrogens (tertiary/aromatic N) is 1. The van der Waals surface area contributed by atoms with Crippen molar-refractivity contribution in [1.82, 2.24) is 10.6 Å². The SMILES string of the molecule is COc1ccccc1N1C[C@H](C(=O)O[C@H](C)C(=O)NC(=O)NC(C)(C)C)CC1=O. The number of ether oxygens (including phenoxy) is 2. The Kier molecular flexibility index (Phi) is 6.84. The van der Waals surface area contributed by atoms with Crippen LogP contribution in [0, 0.1) is 5.92 Å². The van der Waals surface area contributed by atoms with E-state index < -0.39 is 35.5 Å². The number of hydrogen-bond acceptors (Lipinski definition) is 6. The zero-order chi connectivity index (χ0) is 21.8. The van der Waals surface area contributed by atoms with Gasteiger partial charge in [0.05, 0.1) is 18.7 Å². The number of hydrogen-bond donors (Lipinski definition) is 2. The van der Waals surface area contributed by atoms with Gasteiger partial charge in [-0.05, 0) is 39.8 Å². The van der Waals surface area contributed by atoms with Crippen LogP contribution in [0.4, 0.5) is 10.5 Å². The lowest BCUT2D eigenvalue weighted by atomic mass is 10.1. The molecule has 0 aliphatic carbocycles. The van der Waals surface area contributed by atoms with Crippen LogP contribution in [0.5, 0.6) is 5.75 Å². The summed E-state index contributed by atoms with van der Waals surface area (Å²) in [6.07, 6.45) is -1.21. The first-order valence-corrected chi connectivity index (χ1v) is 9.28. The summed E-state index contributed by atoms with van der Waals surface area (Å²) in [4.78, 5) is 50.1. The number of benzene rings is 1. The molecule has 29 heavy (non-hydrogen) atoms. The van der Waals surface area contributed by atoms with E-state index in [4.69, 9.17) is 9.47 Å². The molecule has 1 aliphatic heterocycles. The zero-order valence-electron chi connectivity index (χ0n) is 17.3. The Balaban J connectivity index is 1.95. The van der Waals surface area contributed by atoms with Gasteiger partial charge < -0.3 is 19.7 Å². The van der Waals surface area contributed by atoms with Gasteiger partial charge in [0, 0.05) is 18.5 Å². The van der Waals surface area contributed by atoms with Crippen molar-refractivity contribution in [2.45, 2.75) is 45.8 Å². The van der Waals surface area contributed by atoms with E-state index in [2.05, 4.69) is 10.6 Å². The van der Waals surface area contributed by atoms with Crippen molar-refractivity contribution in [2.24, 2.45) is 5.92 Å². The molecule has 1 saturated heterocycles. The minimum absolute atomic E-state index is 0.0320. The number of anilines is 1. The van der Waals surface area contributed by atoms with Gasteiger partial charge in [-0.1, -0.05) is 12.1 Å². The van der Waals surface area contributed by atoms with Gasteiger partial charge in [0.1, 0.15) is 5.75 Å². The molecule has 1 aliphatic rings. The van der Waals surface area contributed by atoms with Gasteiger partial charge in [0.15, 0.2) is 6.10 Å². The molecular formula is C20H27N3O6. The summed E-state index contributed by atoms with van der Waals surface area (Å²) < 4.78 is 10.4. The van der Waals surface area contributed by atoms with E-state index in [9.17, 15) is 19.2 Å². The number of imide groups is 1. The average molecular weight is 405 g/mol. The summed E-state index contributed by atoms with van der Waals surface area (Å²) in [5.41, 5.74) is 0.0520. The molecule has 1 heterocycles. The number of urea groups is 1. The van der Waals surface area contributed by atoms with Crippen molar-refractivity contribution in [3.63, 3.8) is 0 Å². The second-order valence-electron chi connectivity index (χ2n) is 7.85. The maximum atomic E-state index is 12.4. The van der Waals surface area contributed by atoms with E-state index in [1.165, 1.54) is 18.9 Å². The Morgan fingerprint density at radius 2 is 1.86 bits per heavy atom. The number of rotatable bonds is 5. The van der Waals surface area contributed by atoms with Crippen molar-refractivity contribution < 1.29 is 28.7 Å². The largest absolute Gasteiger partial charge is 0.495 e. The van der Waals surface area contributed by atoms with Crippen LogP contribution in [0.25, 0.3) is 0 Å². The molecule has 0 spiro atoms. The molecule has 0 aromatic heterocycles. The fourth-order valence-electron chi connectivity index (χ4n) is 2.86. The maximum Gasteiger partial charge on any atom is 0.321 e. The Bertz CT molecular complexity index is 802. The second kappa shape index (κ2) is 8.93. The monoisotopic (exact) mass is 405 g/mol. The smallest absolute Gasteiger partial charge is 0.321 e. The van der Waals surface area contributed by atoms with Crippen LogP contribution in [0.3, 0.4) is 0 Å². The molecule has 0 radical (unpaired) electrons. The third-order valence-electron chi connectivity index (χ3n) is 4.22. The predicted octanol–water partition coefficient (Wildman–Crippen LogP) is 1.60. The van der Waals surface area contributed by atoms with Gasteiger partial charge in [-0.2, -0.15) is 0 Å². The third kappa shape index (κ3) is 5.94. The summed E-state index contributed by atoms with van der Waals surface area (Å²) in [6, 6.07) is 6.33. The first kappa shape index (κ1) is 22.2. The van der Waals surface area contributed by atoms with Gasteiger partial charge in [0.25, 0.3) is 5.91 Å². The number of amides is 4. The first-order chi connectivity index (χ1) is 13.5. The van der Waals surface area contributed by atoms with E-state index >= 15 is 0 Å². The quantitative estimate of drug-likeness (QED) is 0.720. The number of nitrogens with one attached hydrogen (secondary N) is 2. The summed E-state index contributed by atoms with van der Waals surface area (Å²) in [5.74, 6) is -1.85. The molecule has 0 unspecified atom stereocenters. The van der Waals surface area contributed by atoms with Crippen LogP contribution >= 0.6 is 0 Å². The van der Waals surface area contributed by atoms with Gasteiger partial charge >= 0.3 is 12.0 Å². The Morgan fingerprint density at radius 3 is 2.48 bits per heavy atom. The predicted molar refractivity (Wildman–Crippen MR) is 105 cm³/mol. The average Bonchev–Trinajstić information content (AvgIpc) is 3.01. The van der Waals surface area contributed by atoms with E-state index in [-0.39, 0.29) is 18.9 Å². The molecule has 2 rings (SSSR count). The van der Waals surface area contributed by atoms with Crippen LogP contribution < -0.4 is 20.3 Å². The number of esters is 1. The highest BCUT2D eigenvalue weighted by Gasteiger charge is 2.38. The Labute approximate surface area is 169 Å². The fraction of sp³-hybridized carbons (Fsp3) is 0.500. The van der Waals surface area contributed by atoms with Crippen molar-refractivity contribution in [3.8, 4) is 5.75 Å².